The van der Waals surface area contributed by atoms with Gasteiger partial charge in [0, 0.05) is 7.05 Å². The van der Waals surface area contributed by atoms with Crippen molar-refractivity contribution in [1.29, 1.82) is 5.26 Å². The molecule has 0 radical (unpaired) electrons. The van der Waals surface area contributed by atoms with Crippen molar-refractivity contribution in [3.8, 4) is 6.07 Å². The number of carbonyl (C=O) groups is 1. The molecule has 0 aromatic carbocycles. The maximum Gasteiger partial charge on any atom is 0.223 e. The molecule has 0 aromatic rings. The summed E-state index contributed by atoms with van der Waals surface area (Å²) in [5.74, 6) is -0.162. The first-order valence-corrected chi connectivity index (χ1v) is 7.58. The Morgan fingerprint density at radius 2 is 2.15 bits per heavy atom. The highest BCUT2D eigenvalue weighted by Crippen LogP contribution is 2.09. The van der Waals surface area contributed by atoms with E-state index in [0.717, 1.165) is 0 Å². The van der Waals surface area contributed by atoms with Crippen molar-refractivity contribution in [2.75, 3.05) is 7.05 Å². The van der Waals surface area contributed by atoms with E-state index in [2.05, 4.69) is 5.32 Å². The summed E-state index contributed by atoms with van der Waals surface area (Å²) >= 11 is 0. The number of hydrogen-bond donors (Lipinski definition) is 1. The molecule has 0 saturated carbocycles. The number of carbonyl (C=O) groups excluding carboxylic acids is 1. The van der Waals surface area contributed by atoms with E-state index in [0.29, 0.717) is 0 Å². The first kappa shape index (κ1) is 12.1. The minimum Gasteiger partial charge on any atom is -0.402 e. The van der Waals surface area contributed by atoms with Crippen LogP contribution in [0.2, 0.25) is 19.6 Å². The van der Waals surface area contributed by atoms with Gasteiger partial charge in [0.15, 0.2) is 8.32 Å². The topological polar surface area (TPSA) is 62.1 Å². The van der Waals surface area contributed by atoms with Crippen molar-refractivity contribution in [1.82, 2.24) is 5.32 Å². The Balaban J connectivity index is 4.07. The number of nitrogens with zero attached hydrogens (tertiary/aromatic N) is 1. The number of hydrogen-bond acceptors (Lipinski definition) is 3. The van der Waals surface area contributed by atoms with E-state index in [1.165, 1.54) is 0 Å². The first-order chi connectivity index (χ1) is 5.89. The molecule has 1 unspecified atom stereocenters. The quantitative estimate of drug-likeness (QED) is 0.685. The van der Waals surface area contributed by atoms with Crippen LogP contribution < -0.4 is 5.32 Å². The fourth-order valence-electron chi connectivity index (χ4n) is 0.811. The first-order valence-electron chi connectivity index (χ1n) is 4.17. The van der Waals surface area contributed by atoms with Gasteiger partial charge in [-0.25, -0.2) is 0 Å². The maximum absolute atomic E-state index is 10.9. The highest BCUT2D eigenvalue weighted by Gasteiger charge is 2.22. The molecule has 74 valence electrons. The molecular formula is C8H16N2O2Si. The van der Waals surface area contributed by atoms with Gasteiger partial charge in [-0.15, -0.1) is 0 Å². The predicted molar refractivity (Wildman–Crippen MR) is 52.5 cm³/mol. The molecule has 0 spiro atoms. The van der Waals surface area contributed by atoms with Gasteiger partial charge in [-0.1, -0.05) is 0 Å². The molecule has 0 fully saturated rings. The van der Waals surface area contributed by atoms with E-state index < -0.39 is 14.4 Å². The molecule has 0 aliphatic rings. The summed E-state index contributed by atoms with van der Waals surface area (Å²) in [7, 11) is -0.176. The van der Waals surface area contributed by atoms with Crippen LogP contribution in [0.1, 0.15) is 6.42 Å². The molecule has 0 heterocycles. The van der Waals surface area contributed by atoms with Crippen molar-refractivity contribution in [2.45, 2.75) is 32.2 Å². The van der Waals surface area contributed by atoms with Crippen LogP contribution in [0.15, 0.2) is 0 Å². The van der Waals surface area contributed by atoms with Crippen LogP contribution in [-0.2, 0) is 9.22 Å². The van der Waals surface area contributed by atoms with Crippen molar-refractivity contribution in [2.24, 2.45) is 0 Å². The smallest absolute Gasteiger partial charge is 0.223 e. The Bertz CT molecular complexity index is 217. The lowest BCUT2D eigenvalue weighted by Gasteiger charge is -2.20. The molecule has 0 aliphatic carbocycles. The number of nitrogens with one attached hydrogen (secondary N) is 1. The van der Waals surface area contributed by atoms with Crippen molar-refractivity contribution >= 4 is 14.2 Å². The maximum atomic E-state index is 10.9. The summed E-state index contributed by atoms with van der Waals surface area (Å²) in [6, 6.07) is 1.98. The minimum atomic E-state index is -1.72. The van der Waals surface area contributed by atoms with Gasteiger partial charge >= 0.3 is 0 Å². The zero-order valence-electron chi connectivity index (χ0n) is 8.55. The predicted octanol–water partition coefficient (Wildman–Crippen LogP) is 0.866. The molecule has 5 heteroatoms. The van der Waals surface area contributed by atoms with Crippen molar-refractivity contribution < 1.29 is 9.22 Å². The van der Waals surface area contributed by atoms with Gasteiger partial charge in [0.05, 0.1) is 12.5 Å². The Labute approximate surface area is 80.0 Å². The summed E-state index contributed by atoms with van der Waals surface area (Å²) in [6.07, 6.45) is -0.483. The van der Waals surface area contributed by atoms with Crippen molar-refractivity contribution in [3.05, 3.63) is 0 Å². The fourth-order valence-corrected chi connectivity index (χ4v) is 1.80. The van der Waals surface area contributed by atoms with Gasteiger partial charge in [-0.3, -0.25) is 4.79 Å². The summed E-state index contributed by atoms with van der Waals surface area (Å²) in [5.41, 5.74) is 0. The van der Waals surface area contributed by atoms with Crippen LogP contribution in [0.5, 0.6) is 0 Å². The van der Waals surface area contributed by atoms with Gasteiger partial charge in [0.2, 0.25) is 5.91 Å². The number of rotatable bonds is 4. The van der Waals surface area contributed by atoms with Crippen LogP contribution in [0.3, 0.4) is 0 Å². The molecular weight excluding hydrogens is 184 g/mol. The SMILES string of the molecule is CNC(=O)CC(C#N)O[Si](C)(C)C. The van der Waals surface area contributed by atoms with Crippen LogP contribution in [0.25, 0.3) is 0 Å². The zero-order chi connectivity index (χ0) is 10.5. The summed E-state index contributed by atoms with van der Waals surface area (Å²) in [5, 5.41) is 11.2. The lowest BCUT2D eigenvalue weighted by Crippen LogP contribution is -2.34. The van der Waals surface area contributed by atoms with Crippen LogP contribution in [0, 0.1) is 11.3 Å². The normalized spacial score (nSPS) is 13.2. The third-order valence-corrected chi connectivity index (χ3v) is 2.28. The number of amides is 1. The summed E-state index contributed by atoms with van der Waals surface area (Å²) < 4.78 is 5.48. The Hall–Kier alpha value is -0.863. The van der Waals surface area contributed by atoms with E-state index in [1.54, 1.807) is 7.05 Å². The highest BCUT2D eigenvalue weighted by atomic mass is 28.4. The third kappa shape index (κ3) is 6.31. The standard InChI is InChI=1S/C8H16N2O2Si/c1-10-8(11)5-7(6-9)12-13(2,3)4/h7H,5H2,1-4H3,(H,10,11). The molecule has 1 atom stereocenters. The Morgan fingerprint density at radius 3 is 2.46 bits per heavy atom. The molecule has 0 bridgehead atoms. The summed E-state index contributed by atoms with van der Waals surface area (Å²) in [4.78, 5) is 10.9. The molecule has 0 aliphatic heterocycles. The van der Waals surface area contributed by atoms with Crippen LogP contribution in [0.4, 0.5) is 0 Å². The molecule has 1 N–H and O–H groups in total. The molecule has 13 heavy (non-hydrogen) atoms. The van der Waals surface area contributed by atoms with Gasteiger partial charge in [0.1, 0.15) is 6.10 Å². The van der Waals surface area contributed by atoms with Crippen molar-refractivity contribution in [3.63, 3.8) is 0 Å². The Morgan fingerprint density at radius 1 is 1.62 bits per heavy atom. The monoisotopic (exact) mass is 200 g/mol. The Kier molecular flexibility index (Phi) is 4.66. The van der Waals surface area contributed by atoms with E-state index >= 15 is 0 Å². The molecule has 0 rings (SSSR count). The van der Waals surface area contributed by atoms with Gasteiger partial charge in [-0.05, 0) is 19.6 Å². The van der Waals surface area contributed by atoms with Crippen LogP contribution >= 0.6 is 0 Å². The summed E-state index contributed by atoms with van der Waals surface area (Å²) in [6.45, 7) is 5.96. The highest BCUT2D eigenvalue weighted by molar-refractivity contribution is 6.69. The second kappa shape index (κ2) is 4.99. The van der Waals surface area contributed by atoms with E-state index in [-0.39, 0.29) is 12.3 Å². The van der Waals surface area contributed by atoms with Crippen LogP contribution in [-0.4, -0.2) is 27.4 Å². The average molecular weight is 200 g/mol. The lowest BCUT2D eigenvalue weighted by atomic mass is 10.3. The molecule has 0 saturated heterocycles. The van der Waals surface area contributed by atoms with Gasteiger partial charge < -0.3 is 9.74 Å². The lowest BCUT2D eigenvalue weighted by molar-refractivity contribution is -0.121. The fraction of sp³-hybridized carbons (Fsp3) is 0.750. The van der Waals surface area contributed by atoms with E-state index in [4.69, 9.17) is 9.69 Å². The average Bonchev–Trinajstić information content (AvgIpc) is 2.00. The minimum absolute atomic E-state index is 0.122. The van der Waals surface area contributed by atoms with Gasteiger partial charge in [0.25, 0.3) is 0 Å². The van der Waals surface area contributed by atoms with E-state index in [9.17, 15) is 4.79 Å². The van der Waals surface area contributed by atoms with Gasteiger partial charge in [-0.2, -0.15) is 5.26 Å². The molecule has 1 amide bonds. The molecule has 4 nitrogen and oxygen atoms in total. The van der Waals surface area contributed by atoms with E-state index in [1.807, 2.05) is 25.7 Å². The largest absolute Gasteiger partial charge is 0.402 e. The number of nitriles is 1. The second-order valence-electron chi connectivity index (χ2n) is 3.73. The third-order valence-electron chi connectivity index (χ3n) is 1.29. The molecule has 0 aromatic heterocycles. The zero-order valence-corrected chi connectivity index (χ0v) is 9.55. The second-order valence-corrected chi connectivity index (χ2v) is 8.19.